The number of hydrogen-bond acceptors (Lipinski definition) is 4. The highest BCUT2D eigenvalue weighted by atomic mass is 16.2. The van der Waals surface area contributed by atoms with Gasteiger partial charge < -0.3 is 19.3 Å². The van der Waals surface area contributed by atoms with E-state index in [1.807, 2.05) is 4.90 Å². The van der Waals surface area contributed by atoms with E-state index in [-0.39, 0.29) is 11.3 Å². The second-order valence-corrected chi connectivity index (χ2v) is 7.13. The van der Waals surface area contributed by atoms with Crippen molar-refractivity contribution in [3.05, 3.63) is 34.7 Å². The van der Waals surface area contributed by atoms with Gasteiger partial charge in [-0.25, -0.2) is 0 Å². The summed E-state index contributed by atoms with van der Waals surface area (Å²) in [5, 5.41) is 0. The van der Waals surface area contributed by atoms with Gasteiger partial charge in [0.1, 0.15) is 6.54 Å². The molecule has 3 rings (SSSR count). The number of hydrogen-bond donors (Lipinski definition) is 0. The van der Waals surface area contributed by atoms with E-state index in [9.17, 15) is 9.59 Å². The molecule has 1 amide bonds. The van der Waals surface area contributed by atoms with Crippen molar-refractivity contribution < 1.29 is 4.79 Å². The summed E-state index contributed by atoms with van der Waals surface area (Å²) >= 11 is 0. The predicted octanol–water partition coefficient (Wildman–Crippen LogP) is 0.334. The van der Waals surface area contributed by atoms with Gasteiger partial charge in [-0.15, -0.1) is 0 Å². The van der Waals surface area contributed by atoms with Gasteiger partial charge in [-0.3, -0.25) is 9.59 Å². The second-order valence-electron chi connectivity index (χ2n) is 7.13. The highest BCUT2D eigenvalue weighted by molar-refractivity contribution is 5.76. The Hall–Kier alpha value is -1.66. The van der Waals surface area contributed by atoms with Gasteiger partial charge in [0.2, 0.25) is 5.91 Å². The fraction of sp³-hybridized carbons (Fsp3) is 0.667. The molecular formula is C18H28N4O2. The SMILES string of the molecule is CN1CCN(CC2CCN(C(=O)Cn3ccc(=O)cc3)CC2)CC1. The van der Waals surface area contributed by atoms with E-state index in [4.69, 9.17) is 0 Å². The number of pyridine rings is 1. The van der Waals surface area contributed by atoms with Crippen molar-refractivity contribution in [1.29, 1.82) is 0 Å². The van der Waals surface area contributed by atoms with E-state index >= 15 is 0 Å². The molecule has 6 nitrogen and oxygen atoms in total. The molecule has 0 radical (unpaired) electrons. The van der Waals surface area contributed by atoms with Crippen LogP contribution in [0.5, 0.6) is 0 Å². The number of carbonyl (C=O) groups excluding carboxylic acids is 1. The average Bonchev–Trinajstić information content (AvgIpc) is 2.59. The Balaban J connectivity index is 1.42. The lowest BCUT2D eigenvalue weighted by Crippen LogP contribution is -2.48. The summed E-state index contributed by atoms with van der Waals surface area (Å²) in [4.78, 5) is 30.4. The molecule has 6 heteroatoms. The van der Waals surface area contributed by atoms with Gasteiger partial charge in [-0.1, -0.05) is 0 Å². The first kappa shape index (κ1) is 17.2. The normalized spacial score (nSPS) is 21.1. The molecule has 2 fully saturated rings. The average molecular weight is 332 g/mol. The molecule has 2 saturated heterocycles. The minimum Gasteiger partial charge on any atom is -0.345 e. The lowest BCUT2D eigenvalue weighted by Gasteiger charge is -2.38. The number of aromatic nitrogens is 1. The third-order valence-electron chi connectivity index (χ3n) is 5.26. The largest absolute Gasteiger partial charge is 0.345 e. The van der Waals surface area contributed by atoms with Crippen molar-refractivity contribution in [3.63, 3.8) is 0 Å². The van der Waals surface area contributed by atoms with Crippen LogP contribution >= 0.6 is 0 Å². The maximum Gasteiger partial charge on any atom is 0.242 e. The topological polar surface area (TPSA) is 48.8 Å². The van der Waals surface area contributed by atoms with E-state index in [0.717, 1.165) is 39.0 Å². The molecule has 0 N–H and O–H groups in total. The van der Waals surface area contributed by atoms with E-state index in [0.29, 0.717) is 12.5 Å². The molecule has 0 aromatic carbocycles. The van der Waals surface area contributed by atoms with Crippen LogP contribution in [0.3, 0.4) is 0 Å². The Morgan fingerprint density at radius 2 is 1.67 bits per heavy atom. The highest BCUT2D eigenvalue weighted by Gasteiger charge is 2.25. The molecule has 132 valence electrons. The molecule has 1 aromatic heterocycles. The number of likely N-dealkylation sites (N-methyl/N-ethyl adjacent to an activating group) is 1. The maximum atomic E-state index is 12.4. The minimum atomic E-state index is -0.0246. The van der Waals surface area contributed by atoms with E-state index in [1.165, 1.54) is 31.8 Å². The summed E-state index contributed by atoms with van der Waals surface area (Å²) in [6.07, 6.45) is 5.56. The lowest BCUT2D eigenvalue weighted by molar-refractivity contribution is -0.133. The van der Waals surface area contributed by atoms with Crippen LogP contribution < -0.4 is 5.43 Å². The molecule has 1 aromatic rings. The van der Waals surface area contributed by atoms with Crippen molar-refractivity contribution in [2.24, 2.45) is 5.92 Å². The molecule has 3 heterocycles. The molecule has 0 spiro atoms. The summed E-state index contributed by atoms with van der Waals surface area (Å²) in [6.45, 7) is 7.88. The van der Waals surface area contributed by atoms with Crippen molar-refractivity contribution in [2.75, 3.05) is 52.9 Å². The van der Waals surface area contributed by atoms with Gasteiger partial charge in [-0.05, 0) is 25.8 Å². The van der Waals surface area contributed by atoms with E-state index < -0.39 is 0 Å². The molecule has 2 aliphatic heterocycles. The second kappa shape index (κ2) is 7.94. The summed E-state index contributed by atoms with van der Waals surface area (Å²) in [5.41, 5.74) is -0.0246. The first-order valence-corrected chi connectivity index (χ1v) is 8.95. The summed E-state index contributed by atoms with van der Waals surface area (Å²) in [7, 11) is 2.18. The van der Waals surface area contributed by atoms with Crippen LogP contribution in [0.1, 0.15) is 12.8 Å². The highest BCUT2D eigenvalue weighted by Crippen LogP contribution is 2.19. The molecule has 0 saturated carbocycles. The fourth-order valence-electron chi connectivity index (χ4n) is 3.57. The van der Waals surface area contributed by atoms with Gasteiger partial charge in [0.05, 0.1) is 0 Å². The first-order valence-electron chi connectivity index (χ1n) is 8.95. The van der Waals surface area contributed by atoms with Crippen LogP contribution in [-0.4, -0.2) is 78.0 Å². The quantitative estimate of drug-likeness (QED) is 0.798. The summed E-state index contributed by atoms with van der Waals surface area (Å²) in [5.74, 6) is 0.863. The number of piperazine rings is 1. The number of rotatable bonds is 4. The van der Waals surface area contributed by atoms with Gasteiger partial charge in [-0.2, -0.15) is 0 Å². The standard InChI is InChI=1S/C18H28N4O2/c1-19-10-12-21(13-11-19)14-16-2-8-22(9-3-16)18(24)15-20-6-4-17(23)5-7-20/h4-7,16H,2-3,8-15H2,1H3. The van der Waals surface area contributed by atoms with Crippen LogP contribution in [-0.2, 0) is 11.3 Å². The summed E-state index contributed by atoms with van der Waals surface area (Å²) in [6, 6.07) is 2.99. The number of carbonyl (C=O) groups is 1. The fourth-order valence-corrected chi connectivity index (χ4v) is 3.57. The third-order valence-corrected chi connectivity index (χ3v) is 5.26. The zero-order valence-electron chi connectivity index (χ0n) is 14.6. The Bertz CT molecular complexity index is 579. The molecule has 24 heavy (non-hydrogen) atoms. The lowest BCUT2D eigenvalue weighted by atomic mass is 9.96. The number of amides is 1. The maximum absolute atomic E-state index is 12.4. The molecule has 0 aliphatic carbocycles. The summed E-state index contributed by atoms with van der Waals surface area (Å²) < 4.78 is 1.78. The Morgan fingerprint density at radius 3 is 2.29 bits per heavy atom. The van der Waals surface area contributed by atoms with Crippen LogP contribution in [0.4, 0.5) is 0 Å². The molecular weight excluding hydrogens is 304 g/mol. The van der Waals surface area contributed by atoms with Gasteiger partial charge >= 0.3 is 0 Å². The van der Waals surface area contributed by atoms with Gasteiger partial charge in [0.25, 0.3) is 0 Å². The number of nitrogens with zero attached hydrogens (tertiary/aromatic N) is 4. The van der Waals surface area contributed by atoms with Crippen LogP contribution in [0.15, 0.2) is 29.3 Å². The molecule has 0 bridgehead atoms. The Morgan fingerprint density at radius 1 is 1.04 bits per heavy atom. The van der Waals surface area contributed by atoms with Crippen LogP contribution in [0.25, 0.3) is 0 Å². The van der Waals surface area contributed by atoms with E-state index in [2.05, 4.69) is 16.8 Å². The first-order chi connectivity index (χ1) is 11.6. The van der Waals surface area contributed by atoms with Crippen molar-refractivity contribution >= 4 is 5.91 Å². The van der Waals surface area contributed by atoms with Crippen molar-refractivity contribution in [1.82, 2.24) is 19.3 Å². The molecule has 2 aliphatic rings. The third kappa shape index (κ3) is 4.68. The van der Waals surface area contributed by atoms with Crippen LogP contribution in [0.2, 0.25) is 0 Å². The smallest absolute Gasteiger partial charge is 0.242 e. The number of piperidine rings is 1. The van der Waals surface area contributed by atoms with Crippen LogP contribution in [0, 0.1) is 5.92 Å². The minimum absolute atomic E-state index is 0.0246. The zero-order chi connectivity index (χ0) is 16.9. The van der Waals surface area contributed by atoms with Gasteiger partial charge in [0, 0.05) is 70.3 Å². The van der Waals surface area contributed by atoms with Crippen molar-refractivity contribution in [2.45, 2.75) is 19.4 Å². The molecule has 0 unspecified atom stereocenters. The Kier molecular flexibility index (Phi) is 5.68. The van der Waals surface area contributed by atoms with E-state index in [1.54, 1.807) is 17.0 Å². The zero-order valence-corrected chi connectivity index (χ0v) is 14.6. The predicted molar refractivity (Wildman–Crippen MR) is 93.9 cm³/mol. The molecule has 0 atom stereocenters. The van der Waals surface area contributed by atoms with Crippen molar-refractivity contribution in [3.8, 4) is 0 Å². The Labute approximate surface area is 143 Å². The monoisotopic (exact) mass is 332 g/mol. The number of likely N-dealkylation sites (tertiary alicyclic amines) is 1. The van der Waals surface area contributed by atoms with Gasteiger partial charge in [0.15, 0.2) is 5.43 Å².